The van der Waals surface area contributed by atoms with Gasteiger partial charge in [0.05, 0.1) is 41.4 Å². The molecule has 5 rings (SSSR count). The van der Waals surface area contributed by atoms with E-state index in [1.54, 1.807) is 23.6 Å². The summed E-state index contributed by atoms with van der Waals surface area (Å²) < 4.78 is 7.19. The molecule has 0 aliphatic carbocycles. The molecule has 15 nitrogen and oxygen atoms in total. The molecule has 288 valence electrons. The number of aryl methyl sites for hydroxylation is 1. The monoisotopic (exact) mass is 751 g/mol. The van der Waals surface area contributed by atoms with Gasteiger partial charge in [-0.25, -0.2) is 9.67 Å². The van der Waals surface area contributed by atoms with Crippen LogP contribution >= 0.6 is 11.3 Å². The molecule has 0 bridgehead atoms. The van der Waals surface area contributed by atoms with Crippen molar-refractivity contribution in [1.29, 1.82) is 0 Å². The number of nitrogens with zero attached hydrogens (tertiary/aromatic N) is 6. The van der Waals surface area contributed by atoms with Crippen LogP contribution in [0.3, 0.4) is 0 Å². The van der Waals surface area contributed by atoms with Gasteiger partial charge in [0.25, 0.3) is 5.91 Å². The van der Waals surface area contributed by atoms with E-state index >= 15 is 0 Å². The number of nitrogens with two attached hydrogens (primary N) is 1. The van der Waals surface area contributed by atoms with E-state index in [2.05, 4.69) is 30.5 Å². The largest absolute Gasteiger partial charge is 0.391 e. The van der Waals surface area contributed by atoms with Crippen molar-refractivity contribution in [3.63, 3.8) is 0 Å². The van der Waals surface area contributed by atoms with Crippen LogP contribution in [-0.2, 0) is 25.9 Å². The van der Waals surface area contributed by atoms with Gasteiger partial charge in [0.1, 0.15) is 24.5 Å². The molecule has 0 unspecified atom stereocenters. The molecule has 1 aromatic carbocycles. The zero-order valence-corrected chi connectivity index (χ0v) is 32.1. The summed E-state index contributed by atoms with van der Waals surface area (Å²) in [5.74, 6) is -1.56. The van der Waals surface area contributed by atoms with Crippen LogP contribution in [0.4, 0.5) is 0 Å². The number of nitrogens with one attached hydrogen (secondary N) is 2. The first-order valence-corrected chi connectivity index (χ1v) is 19.0. The molecule has 2 aromatic heterocycles. The number of primary amides is 1. The van der Waals surface area contributed by atoms with E-state index in [1.165, 1.54) is 9.58 Å². The minimum atomic E-state index is -0.888. The number of likely N-dealkylation sites (tertiary alicyclic amines) is 1. The summed E-state index contributed by atoms with van der Waals surface area (Å²) >= 11 is 1.58. The van der Waals surface area contributed by atoms with Crippen molar-refractivity contribution >= 4 is 35.0 Å². The van der Waals surface area contributed by atoms with Crippen LogP contribution in [0.5, 0.6) is 0 Å². The Labute approximate surface area is 314 Å². The SMILES string of the molecule is Cc1ncsc1-c1ccc([C@H](C)NC(=O)[C@@H]2C[C@@H](O)CN2C(=O)[C@@H](NC(=O)CN2CCN(CCCOCn3ccc(C(N)=O)n3)CC2)C(C)(C)C)cc1. The smallest absolute Gasteiger partial charge is 0.269 e. The van der Waals surface area contributed by atoms with Crippen molar-refractivity contribution in [2.24, 2.45) is 11.1 Å². The van der Waals surface area contributed by atoms with Gasteiger partial charge in [0.2, 0.25) is 17.7 Å². The summed E-state index contributed by atoms with van der Waals surface area (Å²) in [4.78, 5) is 63.5. The summed E-state index contributed by atoms with van der Waals surface area (Å²) in [6.45, 7) is 14.3. The van der Waals surface area contributed by atoms with E-state index < -0.39 is 29.5 Å². The lowest BCUT2D eigenvalue weighted by Crippen LogP contribution is -2.59. The molecule has 5 N–H and O–H groups in total. The van der Waals surface area contributed by atoms with Crippen LogP contribution in [0.15, 0.2) is 42.0 Å². The first kappa shape index (κ1) is 40.0. The Balaban J connectivity index is 1.08. The molecular weight excluding hydrogens is 699 g/mol. The second kappa shape index (κ2) is 17.7. The van der Waals surface area contributed by atoms with Gasteiger partial charge in [0.15, 0.2) is 0 Å². The van der Waals surface area contributed by atoms with Crippen LogP contribution in [0, 0.1) is 12.3 Å². The first-order valence-electron chi connectivity index (χ1n) is 18.1. The van der Waals surface area contributed by atoms with Crippen LogP contribution in [0.1, 0.15) is 68.3 Å². The van der Waals surface area contributed by atoms with Gasteiger partial charge in [-0.15, -0.1) is 11.3 Å². The van der Waals surface area contributed by atoms with Crippen molar-refractivity contribution in [2.75, 3.05) is 52.4 Å². The molecule has 0 radical (unpaired) electrons. The Morgan fingerprint density at radius 3 is 2.38 bits per heavy atom. The van der Waals surface area contributed by atoms with E-state index in [1.807, 2.05) is 64.4 Å². The van der Waals surface area contributed by atoms with Gasteiger partial charge in [-0.3, -0.25) is 24.1 Å². The molecule has 2 aliphatic rings. The molecule has 2 saturated heterocycles. The lowest BCUT2D eigenvalue weighted by Gasteiger charge is -2.37. The van der Waals surface area contributed by atoms with Crippen LogP contribution in [0.2, 0.25) is 0 Å². The Morgan fingerprint density at radius 2 is 1.75 bits per heavy atom. The molecule has 4 atom stereocenters. The van der Waals surface area contributed by atoms with Crippen LogP contribution in [0.25, 0.3) is 10.4 Å². The average Bonchev–Trinajstić information content (AvgIpc) is 3.87. The van der Waals surface area contributed by atoms with Gasteiger partial charge in [-0.05, 0) is 42.9 Å². The maximum Gasteiger partial charge on any atom is 0.269 e. The summed E-state index contributed by atoms with van der Waals surface area (Å²) in [5.41, 5.74) is 9.56. The minimum absolute atomic E-state index is 0.0170. The van der Waals surface area contributed by atoms with Crippen molar-refractivity contribution in [3.8, 4) is 10.4 Å². The highest BCUT2D eigenvalue weighted by atomic mass is 32.1. The Bertz CT molecular complexity index is 1710. The number of piperazine rings is 1. The number of thiazole rings is 1. The Hall–Kier alpha value is -4.22. The zero-order valence-electron chi connectivity index (χ0n) is 31.3. The molecule has 53 heavy (non-hydrogen) atoms. The molecule has 3 aromatic rings. The number of hydrogen-bond acceptors (Lipinski definition) is 11. The Morgan fingerprint density at radius 1 is 1.06 bits per heavy atom. The molecular formula is C37H53N9O6S. The highest BCUT2D eigenvalue weighted by Crippen LogP contribution is 2.29. The number of aromatic nitrogens is 3. The van der Waals surface area contributed by atoms with Gasteiger partial charge >= 0.3 is 0 Å². The Kier molecular flexibility index (Phi) is 13.4. The predicted octanol–water partition coefficient (Wildman–Crippen LogP) is 1.77. The van der Waals surface area contributed by atoms with Crippen LogP contribution < -0.4 is 16.4 Å². The van der Waals surface area contributed by atoms with E-state index in [4.69, 9.17) is 10.5 Å². The lowest BCUT2D eigenvalue weighted by molar-refractivity contribution is -0.144. The zero-order chi connectivity index (χ0) is 38.3. The highest BCUT2D eigenvalue weighted by molar-refractivity contribution is 7.13. The molecule has 0 spiro atoms. The van der Waals surface area contributed by atoms with Gasteiger partial charge in [0, 0.05) is 51.9 Å². The molecule has 0 saturated carbocycles. The fourth-order valence-electron chi connectivity index (χ4n) is 6.71. The number of benzene rings is 1. The van der Waals surface area contributed by atoms with Crippen LogP contribution in [-0.4, -0.2) is 129 Å². The minimum Gasteiger partial charge on any atom is -0.391 e. The fourth-order valence-corrected chi connectivity index (χ4v) is 7.52. The lowest BCUT2D eigenvalue weighted by atomic mass is 9.85. The predicted molar refractivity (Wildman–Crippen MR) is 201 cm³/mol. The molecule has 16 heteroatoms. The van der Waals surface area contributed by atoms with Gasteiger partial charge in [-0.1, -0.05) is 45.0 Å². The third-order valence-electron chi connectivity index (χ3n) is 9.77. The van der Waals surface area contributed by atoms with Crippen molar-refractivity contribution in [2.45, 2.75) is 78.4 Å². The number of aliphatic hydroxyl groups excluding tert-OH is 1. The van der Waals surface area contributed by atoms with Crippen molar-refractivity contribution in [1.82, 2.24) is 40.1 Å². The summed E-state index contributed by atoms with van der Waals surface area (Å²) in [5, 5.41) is 20.7. The van der Waals surface area contributed by atoms with Crippen molar-refractivity contribution in [3.05, 3.63) is 59.0 Å². The van der Waals surface area contributed by atoms with E-state index in [0.717, 1.165) is 47.8 Å². The molecule has 2 aliphatic heterocycles. The number of hydrogen-bond donors (Lipinski definition) is 4. The molecule has 4 heterocycles. The fraction of sp³-hybridized carbons (Fsp3) is 0.568. The standard InChI is InChI=1S/C37H53N9O6S/c1-24(26-7-9-27(10-8-26)32-25(2)39-22-53-32)40-35(50)30-19-28(47)20-46(30)36(51)33(37(3,4)5)41-31(48)21-44-16-14-43(15-17-44)12-6-18-52-23-45-13-11-29(42-45)34(38)49/h7-11,13,22,24,28,30,33,47H,6,12,14-21,23H2,1-5H3,(H2,38,49)(H,40,50)(H,41,48)/t24-,28+,30-,33+/m0/s1. The average molecular weight is 752 g/mol. The van der Waals surface area contributed by atoms with Gasteiger partial charge in [-0.2, -0.15) is 5.10 Å². The third kappa shape index (κ3) is 10.7. The number of aliphatic hydroxyl groups is 1. The number of β-amino-alcohol motifs (C(OH)–C–C–N with tert-alkyl or cyclic N) is 1. The number of rotatable bonds is 15. The highest BCUT2D eigenvalue weighted by Gasteiger charge is 2.44. The topological polar surface area (TPSA) is 188 Å². The number of carbonyl (C=O) groups is 4. The van der Waals surface area contributed by atoms with E-state index in [-0.39, 0.29) is 55.7 Å². The van der Waals surface area contributed by atoms with Crippen molar-refractivity contribution < 1.29 is 29.0 Å². The second-order valence-electron chi connectivity index (χ2n) is 15.0. The van der Waals surface area contributed by atoms with Gasteiger partial charge < -0.3 is 36.0 Å². The quantitative estimate of drug-likeness (QED) is 0.167. The maximum absolute atomic E-state index is 14.1. The number of carbonyl (C=O) groups excluding carboxylic acids is 4. The second-order valence-corrected chi connectivity index (χ2v) is 15.8. The number of ether oxygens (including phenoxy) is 1. The third-order valence-corrected chi connectivity index (χ3v) is 10.7. The molecule has 4 amide bonds. The first-order chi connectivity index (χ1) is 25.2. The maximum atomic E-state index is 14.1. The normalized spacial score (nSPS) is 19.5. The van der Waals surface area contributed by atoms with E-state index in [0.29, 0.717) is 19.7 Å². The summed E-state index contributed by atoms with van der Waals surface area (Å²) in [7, 11) is 0. The molecule has 2 fully saturated rings. The van der Waals surface area contributed by atoms with E-state index in [9.17, 15) is 24.3 Å². The summed E-state index contributed by atoms with van der Waals surface area (Å²) in [6, 6.07) is 7.45. The summed E-state index contributed by atoms with van der Waals surface area (Å²) in [6.07, 6.45) is 1.75. The number of amides is 4.